The second-order valence-corrected chi connectivity index (χ2v) is 9.50. The van der Waals surface area contributed by atoms with Crippen molar-refractivity contribution in [3.8, 4) is 9.75 Å². The number of hydrogen-bond acceptors (Lipinski definition) is 2. The third-order valence-electron chi connectivity index (χ3n) is 1.58. The Bertz CT molecular complexity index is 472. The lowest BCUT2D eigenvalue weighted by atomic mass is 10.4. The van der Waals surface area contributed by atoms with Crippen molar-refractivity contribution < 1.29 is 0 Å². The zero-order valence-corrected chi connectivity index (χ0v) is 16.7. The van der Waals surface area contributed by atoms with Crippen molar-refractivity contribution in [3.63, 3.8) is 0 Å². The number of hydrogen-bond donors (Lipinski definition) is 0. The van der Waals surface area contributed by atoms with Gasteiger partial charge in [-0.25, -0.2) is 0 Å². The predicted octanol–water partition coefficient (Wildman–Crippen LogP) is 5.90. The van der Waals surface area contributed by atoms with Gasteiger partial charge in [-0.15, -0.1) is 22.7 Å². The van der Waals surface area contributed by atoms with Crippen LogP contribution in [0.5, 0.6) is 0 Å². The summed E-state index contributed by atoms with van der Waals surface area (Å²) in [7, 11) is 0. The van der Waals surface area contributed by atoms with E-state index in [1.54, 1.807) is 0 Å². The number of halogens is 4. The Morgan fingerprint density at radius 2 is 1.64 bits per heavy atom. The van der Waals surface area contributed by atoms with Gasteiger partial charge < -0.3 is 0 Å². The Balaban J connectivity index is 2.63. The highest BCUT2D eigenvalue weighted by atomic mass is 127. The van der Waals surface area contributed by atoms with E-state index in [-0.39, 0.29) is 0 Å². The summed E-state index contributed by atoms with van der Waals surface area (Å²) in [5.74, 6) is 0. The third kappa shape index (κ3) is 2.43. The fourth-order valence-corrected chi connectivity index (χ4v) is 7.45. The van der Waals surface area contributed by atoms with E-state index in [1.165, 1.54) is 23.3 Å². The van der Waals surface area contributed by atoms with Crippen LogP contribution in [-0.4, -0.2) is 0 Å². The third-order valence-corrected chi connectivity index (χ3v) is 11.1. The molecule has 0 nitrogen and oxygen atoms in total. The van der Waals surface area contributed by atoms with E-state index in [1.807, 2.05) is 22.7 Å². The van der Waals surface area contributed by atoms with Crippen LogP contribution in [0.1, 0.15) is 0 Å². The second kappa shape index (κ2) is 5.31. The topological polar surface area (TPSA) is 0 Å². The van der Waals surface area contributed by atoms with Gasteiger partial charge in [0.15, 0.2) is 0 Å². The molecule has 0 saturated heterocycles. The van der Waals surface area contributed by atoms with E-state index in [0.717, 1.165) is 0 Å². The molecule has 0 N–H and O–H groups in total. The minimum atomic E-state index is 1.36. The summed E-state index contributed by atoms with van der Waals surface area (Å²) < 4.78 is 5.55. The van der Waals surface area contributed by atoms with Gasteiger partial charge in [-0.05, 0) is 102 Å². The molecule has 0 atom stereocenters. The van der Waals surface area contributed by atoms with Crippen molar-refractivity contribution in [2.45, 2.75) is 0 Å². The van der Waals surface area contributed by atoms with Gasteiger partial charge >= 0.3 is 0 Å². The molecule has 2 heterocycles. The minimum Gasteiger partial charge on any atom is -0.142 e. The van der Waals surface area contributed by atoms with Crippen molar-refractivity contribution in [2.24, 2.45) is 0 Å². The molecule has 2 rings (SSSR count). The van der Waals surface area contributed by atoms with Gasteiger partial charge in [0.1, 0.15) is 0 Å². The molecule has 0 amide bonds. The molecular weight excluding hydrogens is 668 g/mol. The first kappa shape index (κ1) is 12.8. The Labute approximate surface area is 145 Å². The molecule has 0 radical (unpaired) electrons. The van der Waals surface area contributed by atoms with E-state index in [0.29, 0.717) is 0 Å². The quantitative estimate of drug-likeness (QED) is 0.332. The van der Waals surface area contributed by atoms with Crippen LogP contribution in [0.15, 0.2) is 11.4 Å². The Kier molecular flexibility index (Phi) is 4.84. The summed E-state index contributed by atoms with van der Waals surface area (Å²) in [5, 5.41) is 2.16. The Hall–Kier alpha value is 2.32. The molecule has 0 unspecified atom stereocenters. The molecule has 0 fully saturated rings. The van der Waals surface area contributed by atoms with Gasteiger partial charge in [-0.2, -0.15) is 0 Å². The van der Waals surface area contributed by atoms with Crippen molar-refractivity contribution >= 4 is 113 Å². The SMILES string of the molecule is Ic1ccsc1-c1sc(I)c(I)c1I. The zero-order valence-electron chi connectivity index (χ0n) is 6.48. The van der Waals surface area contributed by atoms with E-state index in [2.05, 4.69) is 102 Å². The van der Waals surface area contributed by atoms with Crippen LogP contribution in [0.3, 0.4) is 0 Å². The highest BCUT2D eigenvalue weighted by molar-refractivity contribution is 14.1. The summed E-state index contributed by atoms with van der Waals surface area (Å²) >= 11 is 13.4. The van der Waals surface area contributed by atoms with Crippen LogP contribution in [0, 0.1) is 13.6 Å². The van der Waals surface area contributed by atoms with Crippen LogP contribution in [-0.2, 0) is 0 Å². The molecule has 2 aromatic heterocycles. The van der Waals surface area contributed by atoms with Gasteiger partial charge in [0.2, 0.25) is 0 Å². The molecule has 0 spiro atoms. The van der Waals surface area contributed by atoms with Crippen LogP contribution >= 0.6 is 113 Å². The van der Waals surface area contributed by atoms with Crippen LogP contribution in [0.4, 0.5) is 0 Å². The molecule has 2 aromatic rings. The highest BCUT2D eigenvalue weighted by Crippen LogP contribution is 2.42. The summed E-state index contributed by atoms with van der Waals surface area (Å²) in [4.78, 5) is 2.85. The lowest BCUT2D eigenvalue weighted by molar-refractivity contribution is 1.71. The average Bonchev–Trinajstić information content (AvgIpc) is 2.66. The molecule has 6 heteroatoms. The first-order chi connectivity index (χ1) is 6.61. The summed E-state index contributed by atoms with van der Waals surface area (Å²) in [6.07, 6.45) is 0. The van der Waals surface area contributed by atoms with Gasteiger partial charge in [0.25, 0.3) is 0 Å². The second-order valence-electron chi connectivity index (χ2n) is 2.43. The maximum absolute atomic E-state index is 2.44. The summed E-state index contributed by atoms with van der Waals surface area (Å²) in [6.45, 7) is 0. The normalized spacial score (nSPS) is 10.9. The van der Waals surface area contributed by atoms with Crippen molar-refractivity contribution in [1.82, 2.24) is 0 Å². The minimum absolute atomic E-state index is 1.36. The predicted molar refractivity (Wildman–Crippen MR) is 98.5 cm³/mol. The molecule has 0 bridgehead atoms. The van der Waals surface area contributed by atoms with Gasteiger partial charge in [-0.1, -0.05) is 0 Å². The van der Waals surface area contributed by atoms with E-state index in [9.17, 15) is 0 Å². The van der Waals surface area contributed by atoms with Crippen LogP contribution in [0.25, 0.3) is 9.75 Å². The highest BCUT2D eigenvalue weighted by Gasteiger charge is 2.16. The molecule has 0 aromatic carbocycles. The molecular formula is C8H2I4S2. The Morgan fingerprint density at radius 1 is 0.929 bits per heavy atom. The Morgan fingerprint density at radius 3 is 2.07 bits per heavy atom. The van der Waals surface area contributed by atoms with E-state index in [4.69, 9.17) is 0 Å². The maximum Gasteiger partial charge on any atom is 0.0804 e. The van der Waals surface area contributed by atoms with Crippen molar-refractivity contribution in [1.29, 1.82) is 0 Å². The van der Waals surface area contributed by atoms with Gasteiger partial charge in [-0.3, -0.25) is 0 Å². The fraction of sp³-hybridized carbons (Fsp3) is 0. The van der Waals surface area contributed by atoms with E-state index >= 15 is 0 Å². The standard InChI is InChI=1S/C8H2I4S2/c9-3-1-2-13-6(3)7-4(10)5(11)8(12)14-7/h1-2H. The monoisotopic (exact) mass is 670 g/mol. The molecule has 14 heavy (non-hydrogen) atoms. The van der Waals surface area contributed by atoms with Crippen LogP contribution in [0.2, 0.25) is 0 Å². The lowest BCUT2D eigenvalue weighted by Crippen LogP contribution is -1.75. The largest absolute Gasteiger partial charge is 0.142 e. The van der Waals surface area contributed by atoms with Crippen molar-refractivity contribution in [2.75, 3.05) is 0 Å². The maximum atomic E-state index is 2.44. The zero-order chi connectivity index (χ0) is 10.3. The number of rotatable bonds is 1. The molecule has 0 saturated carbocycles. The smallest absolute Gasteiger partial charge is 0.0804 e. The fourth-order valence-electron chi connectivity index (χ4n) is 0.967. The average molecular weight is 670 g/mol. The van der Waals surface area contributed by atoms with E-state index < -0.39 is 0 Å². The number of thiophene rings is 2. The lowest BCUT2D eigenvalue weighted by Gasteiger charge is -1.94. The summed E-state index contributed by atoms with van der Waals surface area (Å²) in [6, 6.07) is 2.18. The molecule has 0 aliphatic rings. The molecule has 0 aliphatic carbocycles. The van der Waals surface area contributed by atoms with Gasteiger partial charge in [0, 0.05) is 7.14 Å². The van der Waals surface area contributed by atoms with Crippen LogP contribution < -0.4 is 0 Å². The molecule has 0 aliphatic heterocycles. The van der Waals surface area contributed by atoms with Gasteiger partial charge in [0.05, 0.1) is 16.2 Å². The molecule has 74 valence electrons. The summed E-state index contributed by atoms with van der Waals surface area (Å²) in [5.41, 5.74) is 0. The first-order valence-corrected chi connectivity index (χ1v) is 9.49. The first-order valence-electron chi connectivity index (χ1n) is 3.48. The van der Waals surface area contributed by atoms with Crippen molar-refractivity contribution in [3.05, 3.63) is 25.0 Å².